The highest BCUT2D eigenvalue weighted by Crippen LogP contribution is 2.23. The van der Waals surface area contributed by atoms with Crippen molar-refractivity contribution in [2.24, 2.45) is 0 Å². The zero-order valence-electron chi connectivity index (χ0n) is 12.0. The molecule has 0 aliphatic rings. The van der Waals surface area contributed by atoms with Crippen molar-refractivity contribution in [3.8, 4) is 0 Å². The van der Waals surface area contributed by atoms with E-state index in [4.69, 9.17) is 0 Å². The monoisotopic (exact) mass is 354 g/mol. The quantitative estimate of drug-likeness (QED) is 0.772. The number of sulfonamides is 1. The largest absolute Gasteiger partial charge is 0.389 e. The van der Waals surface area contributed by atoms with Crippen LogP contribution >= 0.6 is 0 Å². The van der Waals surface area contributed by atoms with E-state index in [2.05, 4.69) is 11.9 Å². The number of rotatable bonds is 6. The van der Waals surface area contributed by atoms with E-state index in [1.165, 1.54) is 0 Å². The maximum atomic E-state index is 13.3. The second kappa shape index (κ2) is 6.99. The van der Waals surface area contributed by atoms with Crippen LogP contribution in [0.4, 0.5) is 23.2 Å². The highest BCUT2D eigenvalue weighted by Gasteiger charge is 2.27. The molecule has 0 aliphatic heterocycles. The molecule has 0 heterocycles. The summed E-state index contributed by atoms with van der Waals surface area (Å²) in [6.45, 7) is 3.29. The molecular formula is C13H14F4N2O3S. The van der Waals surface area contributed by atoms with Crippen molar-refractivity contribution in [3.63, 3.8) is 0 Å². The molecule has 1 rings (SSSR count). The first-order chi connectivity index (χ1) is 10.4. The third-order valence-electron chi connectivity index (χ3n) is 2.52. The SMILES string of the molecule is C=C(CCC(F)(F)F)NC(=O)c1cc(F)ccc1NS(C)(=O)=O. The van der Waals surface area contributed by atoms with Gasteiger partial charge in [0.05, 0.1) is 17.5 Å². The van der Waals surface area contributed by atoms with Gasteiger partial charge in [0.1, 0.15) is 5.82 Å². The van der Waals surface area contributed by atoms with Crippen molar-refractivity contribution in [3.05, 3.63) is 41.9 Å². The second-order valence-corrected chi connectivity index (χ2v) is 6.49. The molecule has 1 aromatic carbocycles. The molecular weight excluding hydrogens is 340 g/mol. The van der Waals surface area contributed by atoms with E-state index in [1.54, 1.807) is 0 Å². The molecule has 0 radical (unpaired) electrons. The minimum Gasteiger partial charge on any atom is -0.326 e. The first-order valence-electron chi connectivity index (χ1n) is 6.20. The molecule has 0 spiro atoms. The lowest BCUT2D eigenvalue weighted by atomic mass is 10.1. The highest BCUT2D eigenvalue weighted by atomic mass is 32.2. The van der Waals surface area contributed by atoms with Crippen LogP contribution in [-0.4, -0.2) is 26.8 Å². The van der Waals surface area contributed by atoms with Crippen LogP contribution in [0.15, 0.2) is 30.5 Å². The second-order valence-electron chi connectivity index (χ2n) is 4.74. The van der Waals surface area contributed by atoms with Gasteiger partial charge in [-0.2, -0.15) is 13.2 Å². The fourth-order valence-electron chi connectivity index (χ4n) is 1.58. The van der Waals surface area contributed by atoms with Crippen molar-refractivity contribution in [2.75, 3.05) is 11.0 Å². The first kappa shape index (κ1) is 18.9. The molecule has 0 saturated carbocycles. The lowest BCUT2D eigenvalue weighted by Crippen LogP contribution is -2.25. The Balaban J connectivity index is 2.90. The fourth-order valence-corrected chi connectivity index (χ4v) is 2.15. The average Bonchev–Trinajstić information content (AvgIpc) is 2.36. The van der Waals surface area contributed by atoms with Gasteiger partial charge in [-0.1, -0.05) is 6.58 Å². The standard InChI is InChI=1S/C13H14F4N2O3S/c1-8(5-6-13(15,16)17)18-12(20)10-7-9(14)3-4-11(10)19-23(2,21)22/h3-4,7,19H,1,5-6H2,2H3,(H,18,20). The Morgan fingerprint density at radius 1 is 1.30 bits per heavy atom. The predicted molar refractivity (Wildman–Crippen MR) is 76.8 cm³/mol. The van der Waals surface area contributed by atoms with Gasteiger partial charge in [0.25, 0.3) is 5.91 Å². The van der Waals surface area contributed by atoms with Gasteiger partial charge in [-0.05, 0) is 24.6 Å². The van der Waals surface area contributed by atoms with Crippen LogP contribution in [0.5, 0.6) is 0 Å². The van der Waals surface area contributed by atoms with Crippen molar-refractivity contribution in [1.29, 1.82) is 0 Å². The molecule has 0 saturated heterocycles. The number of hydrogen-bond donors (Lipinski definition) is 2. The van der Waals surface area contributed by atoms with Crippen molar-refractivity contribution >= 4 is 21.6 Å². The van der Waals surface area contributed by atoms with Gasteiger partial charge in [0.15, 0.2) is 0 Å². The zero-order chi connectivity index (χ0) is 17.8. The van der Waals surface area contributed by atoms with Crippen LogP contribution < -0.4 is 10.0 Å². The highest BCUT2D eigenvalue weighted by molar-refractivity contribution is 7.92. The number of carbonyl (C=O) groups excluding carboxylic acids is 1. The number of allylic oxidation sites excluding steroid dienone is 1. The molecule has 23 heavy (non-hydrogen) atoms. The van der Waals surface area contributed by atoms with Gasteiger partial charge < -0.3 is 5.32 Å². The molecule has 0 bridgehead atoms. The zero-order valence-corrected chi connectivity index (χ0v) is 12.8. The van der Waals surface area contributed by atoms with E-state index in [1.807, 2.05) is 4.72 Å². The normalized spacial score (nSPS) is 11.9. The number of alkyl halides is 3. The molecule has 2 N–H and O–H groups in total. The van der Waals surface area contributed by atoms with Gasteiger partial charge >= 0.3 is 6.18 Å². The minimum atomic E-state index is -4.41. The number of anilines is 1. The first-order valence-corrected chi connectivity index (χ1v) is 8.10. The summed E-state index contributed by atoms with van der Waals surface area (Å²) in [4.78, 5) is 12.0. The van der Waals surface area contributed by atoms with Gasteiger partial charge in [0, 0.05) is 12.1 Å². The number of halogens is 4. The number of amides is 1. The number of hydrogen-bond acceptors (Lipinski definition) is 3. The third-order valence-corrected chi connectivity index (χ3v) is 3.11. The molecule has 0 aromatic heterocycles. The van der Waals surface area contributed by atoms with Crippen LogP contribution in [-0.2, 0) is 10.0 Å². The smallest absolute Gasteiger partial charge is 0.326 e. The lowest BCUT2D eigenvalue weighted by molar-refractivity contribution is -0.134. The van der Waals surface area contributed by atoms with E-state index in [0.29, 0.717) is 0 Å². The van der Waals surface area contributed by atoms with E-state index in [0.717, 1.165) is 24.5 Å². The van der Waals surface area contributed by atoms with Crippen LogP contribution in [0, 0.1) is 5.82 Å². The summed E-state index contributed by atoms with van der Waals surface area (Å²) < 4.78 is 74.0. The molecule has 0 fully saturated rings. The Bertz CT molecular complexity index is 714. The Labute approximate surface area is 130 Å². The number of benzene rings is 1. The third kappa shape index (κ3) is 7.13. The van der Waals surface area contributed by atoms with Crippen LogP contribution in [0.3, 0.4) is 0 Å². The number of carbonyl (C=O) groups is 1. The van der Waals surface area contributed by atoms with E-state index in [-0.39, 0.29) is 16.9 Å². The Kier molecular flexibility index (Phi) is 5.75. The summed E-state index contributed by atoms with van der Waals surface area (Å²) in [7, 11) is -3.73. The summed E-state index contributed by atoms with van der Waals surface area (Å²) in [5.41, 5.74) is -0.791. The maximum Gasteiger partial charge on any atom is 0.389 e. The predicted octanol–water partition coefficient (Wildman–Crippen LogP) is 2.78. The van der Waals surface area contributed by atoms with Crippen LogP contribution in [0.25, 0.3) is 0 Å². The lowest BCUT2D eigenvalue weighted by Gasteiger charge is -2.13. The summed E-state index contributed by atoms with van der Waals surface area (Å²) >= 11 is 0. The minimum absolute atomic E-state index is 0.199. The summed E-state index contributed by atoms with van der Waals surface area (Å²) in [6, 6.07) is 2.73. The van der Waals surface area contributed by atoms with E-state index >= 15 is 0 Å². The maximum absolute atomic E-state index is 13.3. The van der Waals surface area contributed by atoms with Crippen LogP contribution in [0.1, 0.15) is 23.2 Å². The van der Waals surface area contributed by atoms with Gasteiger partial charge in [0.2, 0.25) is 10.0 Å². The van der Waals surface area contributed by atoms with Crippen molar-refractivity contribution in [2.45, 2.75) is 19.0 Å². The van der Waals surface area contributed by atoms with E-state index in [9.17, 15) is 30.8 Å². The molecule has 0 aliphatic carbocycles. The molecule has 1 amide bonds. The summed E-state index contributed by atoms with van der Waals surface area (Å²) in [5, 5.41) is 2.09. The number of nitrogens with one attached hydrogen (secondary N) is 2. The fraction of sp³-hybridized carbons (Fsp3) is 0.308. The molecule has 128 valence electrons. The van der Waals surface area contributed by atoms with Gasteiger partial charge in [-0.15, -0.1) is 0 Å². The summed E-state index contributed by atoms with van der Waals surface area (Å²) in [6.07, 6.45) is -5.29. The summed E-state index contributed by atoms with van der Waals surface area (Å²) in [5.74, 6) is -1.78. The Morgan fingerprint density at radius 3 is 2.43 bits per heavy atom. The average molecular weight is 354 g/mol. The molecule has 5 nitrogen and oxygen atoms in total. The molecule has 0 atom stereocenters. The van der Waals surface area contributed by atoms with Crippen molar-refractivity contribution in [1.82, 2.24) is 5.32 Å². The molecule has 0 unspecified atom stereocenters. The molecule has 10 heteroatoms. The Hall–Kier alpha value is -2.10. The van der Waals surface area contributed by atoms with Gasteiger partial charge in [-0.3, -0.25) is 9.52 Å². The topological polar surface area (TPSA) is 75.3 Å². The van der Waals surface area contributed by atoms with Crippen molar-refractivity contribution < 1.29 is 30.8 Å². The Morgan fingerprint density at radius 2 is 1.91 bits per heavy atom. The van der Waals surface area contributed by atoms with E-state index < -0.39 is 40.8 Å². The molecule has 1 aromatic rings. The van der Waals surface area contributed by atoms with Gasteiger partial charge in [-0.25, -0.2) is 12.8 Å². The van der Waals surface area contributed by atoms with Crippen LogP contribution in [0.2, 0.25) is 0 Å².